The summed E-state index contributed by atoms with van der Waals surface area (Å²) in [5.41, 5.74) is 0.756. The van der Waals surface area contributed by atoms with Gasteiger partial charge in [0.25, 0.3) is 0 Å². The lowest BCUT2D eigenvalue weighted by atomic mass is 10.2. The number of phenolic OH excluding ortho intramolecular Hbond substituents is 1. The van der Waals surface area contributed by atoms with Gasteiger partial charge in [-0.15, -0.1) is 0 Å². The molecule has 0 unspecified atom stereocenters. The Morgan fingerprint density at radius 3 is 2.77 bits per heavy atom. The lowest BCUT2D eigenvalue weighted by Crippen LogP contribution is -2.08. The Balaban J connectivity index is 2.52. The van der Waals surface area contributed by atoms with Crippen molar-refractivity contribution >= 4 is 12.0 Å². The van der Waals surface area contributed by atoms with Gasteiger partial charge in [0.05, 0.1) is 13.2 Å². The summed E-state index contributed by atoms with van der Waals surface area (Å²) in [6, 6.07) is 4.93. The van der Waals surface area contributed by atoms with Gasteiger partial charge in [-0.3, -0.25) is 0 Å². The molecule has 0 atom stereocenters. The number of carbonyl (C=O) groups is 1. The van der Waals surface area contributed by atoms with Gasteiger partial charge in [-0.25, -0.2) is 4.79 Å². The summed E-state index contributed by atoms with van der Waals surface area (Å²) in [4.78, 5) is 11.5. The van der Waals surface area contributed by atoms with Gasteiger partial charge >= 0.3 is 5.97 Å². The van der Waals surface area contributed by atoms with Gasteiger partial charge in [-0.1, -0.05) is 19.4 Å². The van der Waals surface area contributed by atoms with Gasteiger partial charge in [0.15, 0.2) is 11.5 Å². The maximum atomic E-state index is 11.5. The number of esters is 1. The molecule has 122 valence electrons. The minimum Gasteiger partial charge on any atom is -0.504 e. The topological polar surface area (TPSA) is 65.0 Å². The number of hydrogen-bond donors (Lipinski definition) is 1. The van der Waals surface area contributed by atoms with Crippen LogP contribution in [0.5, 0.6) is 11.5 Å². The van der Waals surface area contributed by atoms with Crippen molar-refractivity contribution < 1.29 is 24.1 Å². The van der Waals surface area contributed by atoms with Crippen LogP contribution in [-0.4, -0.2) is 37.5 Å². The van der Waals surface area contributed by atoms with E-state index in [0.717, 1.165) is 18.4 Å². The Hall–Kier alpha value is -2.01. The highest BCUT2D eigenvalue weighted by atomic mass is 16.6. The van der Waals surface area contributed by atoms with Crippen LogP contribution in [0.2, 0.25) is 0 Å². The third-order valence-electron chi connectivity index (χ3n) is 2.83. The molecule has 0 radical (unpaired) electrons. The molecule has 1 rings (SSSR count). The first-order valence-corrected chi connectivity index (χ1v) is 7.55. The fraction of sp³-hybridized carbons (Fsp3) is 0.471. The zero-order valence-electron chi connectivity index (χ0n) is 13.2. The van der Waals surface area contributed by atoms with Gasteiger partial charge in [-0.05, 0) is 37.1 Å². The average molecular weight is 308 g/mol. The van der Waals surface area contributed by atoms with E-state index in [1.807, 2.05) is 6.92 Å². The largest absolute Gasteiger partial charge is 0.504 e. The molecule has 0 bridgehead atoms. The van der Waals surface area contributed by atoms with Crippen molar-refractivity contribution in [2.45, 2.75) is 26.7 Å². The van der Waals surface area contributed by atoms with Crippen LogP contribution in [0.3, 0.4) is 0 Å². The number of hydrogen-bond acceptors (Lipinski definition) is 5. The second-order valence-electron chi connectivity index (χ2n) is 4.63. The number of ether oxygens (including phenoxy) is 3. The molecule has 0 heterocycles. The first kappa shape index (κ1) is 18.0. The van der Waals surface area contributed by atoms with Crippen molar-refractivity contribution in [1.29, 1.82) is 0 Å². The van der Waals surface area contributed by atoms with Crippen molar-refractivity contribution in [2.24, 2.45) is 0 Å². The molecule has 0 saturated carbocycles. The zero-order valence-corrected chi connectivity index (χ0v) is 13.2. The lowest BCUT2D eigenvalue weighted by molar-refractivity contribution is -0.139. The second-order valence-corrected chi connectivity index (χ2v) is 4.63. The van der Waals surface area contributed by atoms with Crippen molar-refractivity contribution in [2.75, 3.05) is 26.4 Å². The molecular weight excluding hydrogens is 284 g/mol. The van der Waals surface area contributed by atoms with E-state index >= 15 is 0 Å². The molecule has 22 heavy (non-hydrogen) atoms. The Morgan fingerprint density at radius 1 is 1.23 bits per heavy atom. The fourth-order valence-corrected chi connectivity index (χ4v) is 1.63. The molecule has 0 aliphatic carbocycles. The quantitative estimate of drug-likeness (QED) is 0.408. The maximum Gasteiger partial charge on any atom is 0.330 e. The van der Waals surface area contributed by atoms with E-state index in [9.17, 15) is 9.90 Å². The summed E-state index contributed by atoms with van der Waals surface area (Å²) in [5, 5.41) is 9.72. The van der Waals surface area contributed by atoms with E-state index < -0.39 is 5.97 Å². The minimum absolute atomic E-state index is 0.0903. The number of aromatic hydroxyl groups is 1. The Bertz CT molecular complexity index is 482. The molecule has 0 aliphatic rings. The predicted molar refractivity (Wildman–Crippen MR) is 85.0 cm³/mol. The first-order chi connectivity index (χ1) is 10.7. The van der Waals surface area contributed by atoms with Gasteiger partial charge in [0.1, 0.15) is 6.61 Å². The van der Waals surface area contributed by atoms with Crippen molar-refractivity contribution in [3.8, 4) is 11.5 Å². The minimum atomic E-state index is -0.429. The van der Waals surface area contributed by atoms with Gasteiger partial charge in [0.2, 0.25) is 0 Å². The molecule has 0 spiro atoms. The van der Waals surface area contributed by atoms with Crippen LogP contribution < -0.4 is 4.74 Å². The molecule has 0 aliphatic heterocycles. The molecular formula is C17H24O5. The molecule has 0 amide bonds. The molecule has 0 saturated heterocycles. The Morgan fingerprint density at radius 2 is 2.05 bits per heavy atom. The van der Waals surface area contributed by atoms with Crippen molar-refractivity contribution in [1.82, 2.24) is 0 Å². The summed E-state index contributed by atoms with van der Waals surface area (Å²) in [7, 11) is 0. The smallest absolute Gasteiger partial charge is 0.330 e. The van der Waals surface area contributed by atoms with Crippen LogP contribution in [-0.2, 0) is 14.3 Å². The SMILES string of the molecule is CCCCOc1cc(C=CC(=O)OCCOCC)ccc1O. The van der Waals surface area contributed by atoms with Crippen LogP contribution in [0.1, 0.15) is 32.3 Å². The predicted octanol–water partition coefficient (Wildman–Crippen LogP) is 3.16. The number of unbranched alkanes of at least 4 members (excludes halogenated alkanes) is 1. The van der Waals surface area contributed by atoms with Crippen molar-refractivity contribution in [3.63, 3.8) is 0 Å². The van der Waals surface area contributed by atoms with Crippen LogP contribution in [0.15, 0.2) is 24.3 Å². The molecule has 1 aromatic rings. The van der Waals surface area contributed by atoms with E-state index in [4.69, 9.17) is 14.2 Å². The highest BCUT2D eigenvalue weighted by molar-refractivity contribution is 5.87. The maximum absolute atomic E-state index is 11.5. The summed E-state index contributed by atoms with van der Waals surface area (Å²) >= 11 is 0. The Kier molecular flexibility index (Phi) is 8.76. The molecule has 1 N–H and O–H groups in total. The summed E-state index contributed by atoms with van der Waals surface area (Å²) < 4.78 is 15.5. The highest BCUT2D eigenvalue weighted by Gasteiger charge is 2.03. The second kappa shape index (κ2) is 10.7. The van der Waals surface area contributed by atoms with E-state index in [-0.39, 0.29) is 12.4 Å². The van der Waals surface area contributed by atoms with Crippen LogP contribution >= 0.6 is 0 Å². The summed E-state index contributed by atoms with van der Waals surface area (Å²) in [5.74, 6) is 0.0779. The number of benzene rings is 1. The molecule has 0 fully saturated rings. The fourth-order valence-electron chi connectivity index (χ4n) is 1.63. The third-order valence-corrected chi connectivity index (χ3v) is 2.83. The molecule has 1 aromatic carbocycles. The van der Waals surface area contributed by atoms with Gasteiger partial charge in [0, 0.05) is 12.7 Å². The van der Waals surface area contributed by atoms with Gasteiger partial charge in [-0.2, -0.15) is 0 Å². The van der Waals surface area contributed by atoms with E-state index in [1.54, 1.807) is 24.3 Å². The third kappa shape index (κ3) is 7.13. The van der Waals surface area contributed by atoms with Crippen LogP contribution in [0.25, 0.3) is 6.08 Å². The summed E-state index contributed by atoms with van der Waals surface area (Å²) in [6.45, 7) is 5.73. The molecule has 5 heteroatoms. The Labute approximate surface area is 131 Å². The van der Waals surface area contributed by atoms with Crippen LogP contribution in [0.4, 0.5) is 0 Å². The zero-order chi connectivity index (χ0) is 16.2. The monoisotopic (exact) mass is 308 g/mol. The normalized spacial score (nSPS) is 10.8. The van der Waals surface area contributed by atoms with E-state index in [0.29, 0.717) is 25.6 Å². The van der Waals surface area contributed by atoms with E-state index in [2.05, 4.69) is 6.92 Å². The molecule has 5 nitrogen and oxygen atoms in total. The highest BCUT2D eigenvalue weighted by Crippen LogP contribution is 2.27. The summed E-state index contributed by atoms with van der Waals surface area (Å²) in [6.07, 6.45) is 4.91. The number of phenols is 1. The van der Waals surface area contributed by atoms with Gasteiger partial charge < -0.3 is 19.3 Å². The number of rotatable bonds is 10. The van der Waals surface area contributed by atoms with Crippen LogP contribution in [0, 0.1) is 0 Å². The van der Waals surface area contributed by atoms with E-state index in [1.165, 1.54) is 6.08 Å². The molecule has 0 aromatic heterocycles. The van der Waals surface area contributed by atoms with Crippen molar-refractivity contribution in [3.05, 3.63) is 29.8 Å². The standard InChI is InChI=1S/C17H24O5/c1-3-5-10-21-16-13-14(6-8-15(16)18)7-9-17(19)22-12-11-20-4-2/h6-9,13,18H,3-5,10-12H2,1-2H3. The lowest BCUT2D eigenvalue weighted by Gasteiger charge is -2.08. The first-order valence-electron chi connectivity index (χ1n) is 7.55. The number of carbonyl (C=O) groups excluding carboxylic acids is 1. The average Bonchev–Trinajstić information content (AvgIpc) is 2.52.